The van der Waals surface area contributed by atoms with Gasteiger partial charge in [0.1, 0.15) is 0 Å². The largest absolute Gasteiger partial charge is 0.325 e. The third kappa shape index (κ3) is 4.59. The number of aromatic nitrogens is 2. The fraction of sp³-hybridized carbons (Fsp3) is 0.118. The summed E-state index contributed by atoms with van der Waals surface area (Å²) in [7, 11) is 0. The molecular weight excluding hydrogens is 421 g/mol. The van der Waals surface area contributed by atoms with Gasteiger partial charge in [-0.1, -0.05) is 18.2 Å². The summed E-state index contributed by atoms with van der Waals surface area (Å²) in [5, 5.41) is 5.83. The maximum atomic E-state index is 12.1. The zero-order valence-corrected chi connectivity index (χ0v) is 15.2. The molecule has 0 aliphatic heterocycles. The van der Waals surface area contributed by atoms with E-state index < -0.39 is 0 Å². The molecule has 2 aromatic heterocycles. The van der Waals surface area contributed by atoms with Crippen molar-refractivity contribution in [1.29, 1.82) is 0 Å². The van der Waals surface area contributed by atoms with E-state index in [2.05, 4.69) is 37.9 Å². The molecule has 2 heterocycles. The minimum atomic E-state index is -0.0520. The van der Waals surface area contributed by atoms with Crippen LogP contribution in [0.3, 0.4) is 0 Å². The fourth-order valence-electron chi connectivity index (χ4n) is 2.09. The highest BCUT2D eigenvalue weighted by molar-refractivity contribution is 14.1. The van der Waals surface area contributed by atoms with Crippen molar-refractivity contribution in [2.75, 3.05) is 5.32 Å². The first kappa shape index (κ1) is 16.1. The van der Waals surface area contributed by atoms with Crippen molar-refractivity contribution < 1.29 is 4.79 Å². The van der Waals surface area contributed by atoms with Crippen LogP contribution in [0.25, 0.3) is 0 Å². The normalized spacial score (nSPS) is 10.5. The van der Waals surface area contributed by atoms with Crippen LogP contribution in [0.4, 0.5) is 5.69 Å². The van der Waals surface area contributed by atoms with Gasteiger partial charge in [-0.3, -0.25) is 9.78 Å². The molecule has 23 heavy (non-hydrogen) atoms. The molecule has 6 heteroatoms. The molecule has 0 aliphatic rings. The zero-order chi connectivity index (χ0) is 16.1. The van der Waals surface area contributed by atoms with Crippen LogP contribution < -0.4 is 5.32 Å². The number of carbonyl (C=O) groups excluding carboxylic acids is 1. The highest BCUT2D eigenvalue weighted by Crippen LogP contribution is 2.18. The van der Waals surface area contributed by atoms with Gasteiger partial charge in [-0.25, -0.2) is 4.98 Å². The number of nitrogens with one attached hydrogen (secondary N) is 1. The van der Waals surface area contributed by atoms with Gasteiger partial charge in [0, 0.05) is 27.3 Å². The number of pyridine rings is 1. The van der Waals surface area contributed by atoms with Crippen LogP contribution in [0.1, 0.15) is 16.4 Å². The number of nitrogens with zero attached hydrogens (tertiary/aromatic N) is 2. The van der Waals surface area contributed by atoms with Gasteiger partial charge in [0.25, 0.3) is 0 Å². The second-order valence-electron chi connectivity index (χ2n) is 4.94. The first-order chi connectivity index (χ1) is 11.2. The van der Waals surface area contributed by atoms with Crippen LogP contribution in [0.15, 0.2) is 54.0 Å². The van der Waals surface area contributed by atoms with Gasteiger partial charge in [-0.15, -0.1) is 11.3 Å². The molecule has 0 atom stereocenters. The van der Waals surface area contributed by atoms with Crippen molar-refractivity contribution in [2.45, 2.75) is 12.8 Å². The molecule has 0 bridgehead atoms. The summed E-state index contributed by atoms with van der Waals surface area (Å²) >= 11 is 3.77. The Bertz CT molecular complexity index is 804. The van der Waals surface area contributed by atoms with Crippen LogP contribution in [0, 0.1) is 3.57 Å². The topological polar surface area (TPSA) is 54.9 Å². The van der Waals surface area contributed by atoms with E-state index in [0.29, 0.717) is 6.42 Å². The Balaban J connectivity index is 1.60. The maximum absolute atomic E-state index is 12.1. The van der Waals surface area contributed by atoms with Crippen molar-refractivity contribution in [2.24, 2.45) is 0 Å². The molecule has 3 rings (SSSR count). The Morgan fingerprint density at radius 2 is 1.96 bits per heavy atom. The average Bonchev–Trinajstić information content (AvgIpc) is 2.97. The van der Waals surface area contributed by atoms with Crippen LogP contribution in [0.2, 0.25) is 0 Å². The smallest absolute Gasteiger partial charge is 0.230 e. The summed E-state index contributed by atoms with van der Waals surface area (Å²) in [4.78, 5) is 21.0. The molecule has 0 saturated heterocycles. The monoisotopic (exact) mass is 435 g/mol. The summed E-state index contributed by atoms with van der Waals surface area (Å²) in [6.07, 6.45) is 2.76. The van der Waals surface area contributed by atoms with Gasteiger partial charge in [0.15, 0.2) is 0 Å². The van der Waals surface area contributed by atoms with Crippen LogP contribution in [-0.2, 0) is 17.6 Å². The lowest BCUT2D eigenvalue weighted by molar-refractivity contribution is -0.115. The number of rotatable bonds is 5. The molecule has 3 aromatic rings. The predicted molar refractivity (Wildman–Crippen MR) is 101 cm³/mol. The molecule has 1 amide bonds. The van der Waals surface area contributed by atoms with E-state index in [9.17, 15) is 4.79 Å². The first-order valence-electron chi connectivity index (χ1n) is 7.08. The molecule has 0 unspecified atom stereocenters. The van der Waals surface area contributed by atoms with E-state index in [1.165, 1.54) is 0 Å². The summed E-state index contributed by atoms with van der Waals surface area (Å²) in [6.45, 7) is 0. The number of thiazole rings is 1. The molecule has 1 aromatic carbocycles. The summed E-state index contributed by atoms with van der Waals surface area (Å²) in [5.74, 6) is -0.0520. The molecule has 0 radical (unpaired) electrons. The van der Waals surface area contributed by atoms with E-state index >= 15 is 0 Å². The number of carbonyl (C=O) groups is 1. The Morgan fingerprint density at radius 1 is 1.13 bits per heavy atom. The SMILES string of the molecule is O=C(Cc1csc(Cc2ccccn2)n1)Nc1ccccc1I. The highest BCUT2D eigenvalue weighted by atomic mass is 127. The molecule has 116 valence electrons. The Morgan fingerprint density at radius 3 is 2.74 bits per heavy atom. The van der Waals surface area contributed by atoms with Gasteiger partial charge >= 0.3 is 0 Å². The summed E-state index contributed by atoms with van der Waals surface area (Å²) < 4.78 is 1.02. The van der Waals surface area contributed by atoms with Crippen molar-refractivity contribution in [3.8, 4) is 0 Å². The van der Waals surface area contributed by atoms with E-state index in [1.54, 1.807) is 17.5 Å². The summed E-state index contributed by atoms with van der Waals surface area (Å²) in [5.41, 5.74) is 2.61. The van der Waals surface area contributed by atoms with Gasteiger partial charge in [0.05, 0.1) is 22.8 Å². The van der Waals surface area contributed by atoms with Gasteiger partial charge in [-0.2, -0.15) is 0 Å². The van der Waals surface area contributed by atoms with Crippen LogP contribution in [0.5, 0.6) is 0 Å². The van der Waals surface area contributed by atoms with Crippen LogP contribution >= 0.6 is 33.9 Å². The van der Waals surface area contributed by atoms with Gasteiger partial charge < -0.3 is 5.32 Å². The molecule has 1 N–H and O–H groups in total. The fourth-order valence-corrected chi connectivity index (χ4v) is 3.42. The molecular formula is C17H14IN3OS. The quantitative estimate of drug-likeness (QED) is 0.619. The minimum absolute atomic E-state index is 0.0520. The van der Waals surface area contributed by atoms with Crippen LogP contribution in [-0.4, -0.2) is 15.9 Å². The number of benzene rings is 1. The molecule has 0 saturated carbocycles. The zero-order valence-electron chi connectivity index (χ0n) is 12.2. The molecule has 0 aliphatic carbocycles. The maximum Gasteiger partial charge on any atom is 0.230 e. The number of anilines is 1. The first-order valence-corrected chi connectivity index (χ1v) is 9.04. The second-order valence-corrected chi connectivity index (χ2v) is 7.04. The Hall–Kier alpha value is -1.80. The van der Waals surface area contributed by atoms with Crippen molar-refractivity contribution in [3.63, 3.8) is 0 Å². The minimum Gasteiger partial charge on any atom is -0.325 e. The lowest BCUT2D eigenvalue weighted by Crippen LogP contribution is -2.15. The third-order valence-electron chi connectivity index (χ3n) is 3.15. The van der Waals surface area contributed by atoms with E-state index in [4.69, 9.17) is 0 Å². The third-order valence-corrected chi connectivity index (χ3v) is 4.99. The molecule has 0 spiro atoms. The number of hydrogen-bond acceptors (Lipinski definition) is 4. The Kier molecular flexibility index (Phi) is 5.35. The van der Waals surface area contributed by atoms with Gasteiger partial charge in [-0.05, 0) is 46.9 Å². The molecule has 4 nitrogen and oxygen atoms in total. The lowest BCUT2D eigenvalue weighted by Gasteiger charge is -2.05. The van der Waals surface area contributed by atoms with E-state index in [0.717, 1.165) is 25.7 Å². The van der Waals surface area contributed by atoms with E-state index in [1.807, 2.05) is 47.8 Å². The predicted octanol–water partition coefficient (Wildman–Crippen LogP) is 3.91. The van der Waals surface area contributed by atoms with Gasteiger partial charge in [0.2, 0.25) is 5.91 Å². The standard InChI is InChI=1S/C17H14IN3OS/c18-14-6-1-2-7-15(14)21-16(22)9-13-11-23-17(20-13)10-12-5-3-4-8-19-12/h1-8,11H,9-10H2,(H,21,22). The second kappa shape index (κ2) is 7.65. The number of amides is 1. The molecule has 0 fully saturated rings. The number of para-hydroxylation sites is 1. The summed E-state index contributed by atoms with van der Waals surface area (Å²) in [6, 6.07) is 13.5. The number of halogens is 1. The highest BCUT2D eigenvalue weighted by Gasteiger charge is 2.10. The van der Waals surface area contributed by atoms with Crippen molar-refractivity contribution >= 4 is 45.5 Å². The number of hydrogen-bond donors (Lipinski definition) is 1. The Labute approximate surface area is 152 Å². The van der Waals surface area contributed by atoms with Crippen molar-refractivity contribution in [1.82, 2.24) is 9.97 Å². The lowest BCUT2D eigenvalue weighted by atomic mass is 10.2. The average molecular weight is 435 g/mol. The van der Waals surface area contributed by atoms with E-state index in [-0.39, 0.29) is 12.3 Å². The van der Waals surface area contributed by atoms with Crippen molar-refractivity contribution in [3.05, 3.63) is 74.0 Å².